The summed E-state index contributed by atoms with van der Waals surface area (Å²) in [5.41, 5.74) is 6.50. The number of methoxy groups -OCH3 is 1. The van der Waals surface area contributed by atoms with E-state index in [1.165, 1.54) is 12.1 Å². The van der Waals surface area contributed by atoms with Crippen LogP contribution < -0.4 is 15.2 Å². The number of benzene rings is 2. The Morgan fingerprint density at radius 3 is 2.67 bits per heavy atom. The molecule has 108 valence electrons. The summed E-state index contributed by atoms with van der Waals surface area (Å²) in [4.78, 5) is 0. The molecule has 0 amide bonds. The molecule has 5 heteroatoms. The van der Waals surface area contributed by atoms with E-state index in [1.54, 1.807) is 25.3 Å². The van der Waals surface area contributed by atoms with Crippen molar-refractivity contribution in [1.82, 2.24) is 0 Å². The third kappa shape index (κ3) is 3.30. The number of hydrogen-bond acceptors (Lipinski definition) is 4. The van der Waals surface area contributed by atoms with Gasteiger partial charge < -0.3 is 15.2 Å². The standard InChI is InChI=1S/C16H15FN2O2/c1-20-15-5-3-2-4-13(15)16(10-19)21-12-7-6-11(9-18)14(17)8-12/h2-8,16H,10,19H2,1H3. The van der Waals surface area contributed by atoms with E-state index in [1.807, 2.05) is 18.2 Å². The predicted molar refractivity (Wildman–Crippen MR) is 76.5 cm³/mol. The molecule has 0 bridgehead atoms. The smallest absolute Gasteiger partial charge is 0.144 e. The zero-order valence-corrected chi connectivity index (χ0v) is 11.5. The van der Waals surface area contributed by atoms with Gasteiger partial charge >= 0.3 is 0 Å². The topological polar surface area (TPSA) is 68.3 Å². The average Bonchev–Trinajstić information content (AvgIpc) is 2.52. The Bertz CT molecular complexity index is 668. The van der Waals surface area contributed by atoms with E-state index in [4.69, 9.17) is 20.5 Å². The maximum absolute atomic E-state index is 13.6. The van der Waals surface area contributed by atoms with Crippen LogP contribution in [0.25, 0.3) is 0 Å². The van der Waals surface area contributed by atoms with E-state index in [0.717, 1.165) is 5.56 Å². The molecule has 0 heterocycles. The second kappa shape index (κ2) is 6.73. The molecule has 0 saturated carbocycles. The van der Waals surface area contributed by atoms with Crippen LogP contribution in [0.15, 0.2) is 42.5 Å². The summed E-state index contributed by atoms with van der Waals surface area (Å²) in [5.74, 6) is 0.348. The molecule has 0 aliphatic carbocycles. The van der Waals surface area contributed by atoms with Crippen LogP contribution in [0.4, 0.5) is 4.39 Å². The second-order valence-corrected chi connectivity index (χ2v) is 4.34. The van der Waals surface area contributed by atoms with Crippen molar-refractivity contribution in [2.24, 2.45) is 5.73 Å². The number of nitriles is 1. The number of nitrogens with zero attached hydrogens (tertiary/aromatic N) is 1. The van der Waals surface area contributed by atoms with Crippen LogP contribution in [0.3, 0.4) is 0 Å². The summed E-state index contributed by atoms with van der Waals surface area (Å²) in [6, 6.07) is 13.2. The van der Waals surface area contributed by atoms with Gasteiger partial charge in [-0.25, -0.2) is 4.39 Å². The number of ether oxygens (including phenoxy) is 2. The highest BCUT2D eigenvalue weighted by Crippen LogP contribution is 2.29. The molecule has 0 aliphatic rings. The van der Waals surface area contributed by atoms with Gasteiger partial charge in [0.1, 0.15) is 29.5 Å². The third-order valence-corrected chi connectivity index (χ3v) is 3.04. The molecule has 2 N–H and O–H groups in total. The molecule has 2 aromatic rings. The van der Waals surface area contributed by atoms with Crippen molar-refractivity contribution < 1.29 is 13.9 Å². The van der Waals surface area contributed by atoms with Gasteiger partial charge in [-0.3, -0.25) is 0 Å². The summed E-state index contributed by atoms with van der Waals surface area (Å²) < 4.78 is 24.6. The monoisotopic (exact) mass is 286 g/mol. The predicted octanol–water partition coefficient (Wildman–Crippen LogP) is 2.78. The highest BCUT2D eigenvalue weighted by Gasteiger charge is 2.16. The Morgan fingerprint density at radius 2 is 2.05 bits per heavy atom. The molecule has 21 heavy (non-hydrogen) atoms. The molecule has 1 unspecified atom stereocenters. The Hall–Kier alpha value is -2.58. The number of rotatable bonds is 5. The lowest BCUT2D eigenvalue weighted by atomic mass is 10.1. The fourth-order valence-electron chi connectivity index (χ4n) is 2.00. The largest absolute Gasteiger partial charge is 0.496 e. The Labute approximate surface area is 122 Å². The van der Waals surface area contributed by atoms with Gasteiger partial charge in [0.25, 0.3) is 0 Å². The van der Waals surface area contributed by atoms with Crippen molar-refractivity contribution in [2.75, 3.05) is 13.7 Å². The van der Waals surface area contributed by atoms with Crippen molar-refractivity contribution in [2.45, 2.75) is 6.10 Å². The van der Waals surface area contributed by atoms with Crippen molar-refractivity contribution in [3.05, 3.63) is 59.4 Å². The average molecular weight is 286 g/mol. The van der Waals surface area contributed by atoms with Crippen LogP contribution >= 0.6 is 0 Å². The SMILES string of the molecule is COc1ccccc1C(CN)Oc1ccc(C#N)c(F)c1. The minimum absolute atomic E-state index is 0.0241. The number of halogens is 1. The molecule has 1 atom stereocenters. The normalized spacial score (nSPS) is 11.5. The first kappa shape index (κ1) is 14.8. The molecule has 0 radical (unpaired) electrons. The molecule has 2 rings (SSSR count). The van der Waals surface area contributed by atoms with Crippen LogP contribution in [0.5, 0.6) is 11.5 Å². The van der Waals surface area contributed by atoms with E-state index >= 15 is 0 Å². The van der Waals surface area contributed by atoms with Crippen molar-refractivity contribution in [3.8, 4) is 17.6 Å². The lowest BCUT2D eigenvalue weighted by Gasteiger charge is -2.20. The first-order chi connectivity index (χ1) is 10.2. The number of nitrogens with two attached hydrogens (primary N) is 1. The fraction of sp³-hybridized carbons (Fsp3) is 0.188. The van der Waals surface area contributed by atoms with Gasteiger partial charge in [-0.15, -0.1) is 0 Å². The lowest BCUT2D eigenvalue weighted by Crippen LogP contribution is -2.19. The minimum atomic E-state index is -0.620. The highest BCUT2D eigenvalue weighted by molar-refractivity contribution is 5.39. The maximum atomic E-state index is 13.6. The lowest BCUT2D eigenvalue weighted by molar-refractivity contribution is 0.208. The van der Waals surface area contributed by atoms with Crippen molar-refractivity contribution in [1.29, 1.82) is 5.26 Å². The Kier molecular flexibility index (Phi) is 4.75. The van der Waals surface area contributed by atoms with E-state index in [-0.39, 0.29) is 12.1 Å². The van der Waals surface area contributed by atoms with Crippen LogP contribution in [0, 0.1) is 17.1 Å². The van der Waals surface area contributed by atoms with E-state index < -0.39 is 11.9 Å². The summed E-state index contributed by atoms with van der Waals surface area (Å²) in [7, 11) is 1.56. The van der Waals surface area contributed by atoms with Gasteiger partial charge in [0, 0.05) is 18.2 Å². The van der Waals surface area contributed by atoms with Crippen LogP contribution in [-0.4, -0.2) is 13.7 Å². The Morgan fingerprint density at radius 1 is 1.29 bits per heavy atom. The minimum Gasteiger partial charge on any atom is -0.496 e. The number of para-hydroxylation sites is 1. The molecule has 0 spiro atoms. The van der Waals surface area contributed by atoms with E-state index in [2.05, 4.69) is 0 Å². The van der Waals surface area contributed by atoms with Crippen molar-refractivity contribution >= 4 is 0 Å². The van der Waals surface area contributed by atoms with Gasteiger partial charge in [-0.05, 0) is 18.2 Å². The zero-order chi connectivity index (χ0) is 15.2. The van der Waals surface area contributed by atoms with Gasteiger partial charge in [-0.1, -0.05) is 18.2 Å². The molecule has 2 aromatic carbocycles. The molecule has 0 fully saturated rings. The maximum Gasteiger partial charge on any atom is 0.144 e. The quantitative estimate of drug-likeness (QED) is 0.917. The van der Waals surface area contributed by atoms with Crippen molar-refractivity contribution in [3.63, 3.8) is 0 Å². The first-order valence-corrected chi connectivity index (χ1v) is 6.39. The highest BCUT2D eigenvalue weighted by atomic mass is 19.1. The third-order valence-electron chi connectivity index (χ3n) is 3.04. The van der Waals surface area contributed by atoms with E-state index in [0.29, 0.717) is 11.5 Å². The molecule has 0 saturated heterocycles. The summed E-state index contributed by atoms with van der Waals surface area (Å²) in [6.45, 7) is 0.210. The Balaban J connectivity index is 2.27. The number of hydrogen-bond donors (Lipinski definition) is 1. The second-order valence-electron chi connectivity index (χ2n) is 4.34. The van der Waals surface area contributed by atoms with Gasteiger partial charge in [0.15, 0.2) is 0 Å². The first-order valence-electron chi connectivity index (χ1n) is 6.39. The molecule has 0 aliphatic heterocycles. The summed E-state index contributed by atoms with van der Waals surface area (Å²) in [6.07, 6.45) is -0.464. The van der Waals surface area contributed by atoms with Crippen LogP contribution in [0.2, 0.25) is 0 Å². The zero-order valence-electron chi connectivity index (χ0n) is 11.5. The molecule has 4 nitrogen and oxygen atoms in total. The van der Waals surface area contributed by atoms with Crippen LogP contribution in [-0.2, 0) is 0 Å². The van der Waals surface area contributed by atoms with Gasteiger partial charge in [0.2, 0.25) is 0 Å². The molecule has 0 aromatic heterocycles. The molecular weight excluding hydrogens is 271 g/mol. The van der Waals surface area contributed by atoms with Crippen LogP contribution in [0.1, 0.15) is 17.2 Å². The summed E-state index contributed by atoms with van der Waals surface area (Å²) >= 11 is 0. The van der Waals surface area contributed by atoms with Gasteiger partial charge in [0.05, 0.1) is 12.7 Å². The summed E-state index contributed by atoms with van der Waals surface area (Å²) in [5, 5.41) is 8.72. The van der Waals surface area contributed by atoms with Gasteiger partial charge in [-0.2, -0.15) is 5.26 Å². The molecular formula is C16H15FN2O2. The van der Waals surface area contributed by atoms with E-state index in [9.17, 15) is 4.39 Å². The fourth-order valence-corrected chi connectivity index (χ4v) is 2.00.